The molecular formula is C15H11ClN2O2. The van der Waals surface area contributed by atoms with E-state index in [1.165, 1.54) is 12.1 Å². The van der Waals surface area contributed by atoms with Gasteiger partial charge in [0.25, 0.3) is 0 Å². The van der Waals surface area contributed by atoms with Gasteiger partial charge < -0.3 is 10.4 Å². The average molecular weight is 287 g/mol. The van der Waals surface area contributed by atoms with Crippen LogP contribution in [0.5, 0.6) is 5.75 Å². The van der Waals surface area contributed by atoms with Gasteiger partial charge in [0.2, 0.25) is 5.91 Å². The van der Waals surface area contributed by atoms with Gasteiger partial charge in [0.05, 0.1) is 17.0 Å². The van der Waals surface area contributed by atoms with Crippen molar-refractivity contribution in [1.82, 2.24) is 0 Å². The van der Waals surface area contributed by atoms with Gasteiger partial charge in [-0.3, -0.25) is 4.79 Å². The summed E-state index contributed by atoms with van der Waals surface area (Å²) in [5, 5.41) is 21.1. The van der Waals surface area contributed by atoms with E-state index in [1.54, 1.807) is 30.3 Å². The Morgan fingerprint density at radius 2 is 2.10 bits per heavy atom. The van der Waals surface area contributed by atoms with E-state index in [2.05, 4.69) is 5.32 Å². The lowest BCUT2D eigenvalue weighted by atomic mass is 10.1. The fraction of sp³-hybridized carbons (Fsp3) is 0.0667. The average Bonchev–Trinajstić information content (AvgIpc) is 2.38. The van der Waals surface area contributed by atoms with E-state index < -0.39 is 0 Å². The van der Waals surface area contributed by atoms with Gasteiger partial charge in [-0.25, -0.2) is 0 Å². The molecule has 0 aliphatic carbocycles. The first kappa shape index (κ1) is 13.9. The highest BCUT2D eigenvalue weighted by molar-refractivity contribution is 6.32. The fourth-order valence-electron chi connectivity index (χ4n) is 1.74. The minimum atomic E-state index is -0.226. The number of phenolic OH excluding ortho intramolecular Hbond substituents is 1. The van der Waals surface area contributed by atoms with Crippen molar-refractivity contribution in [2.45, 2.75) is 6.42 Å². The maximum atomic E-state index is 11.9. The summed E-state index contributed by atoms with van der Waals surface area (Å²) >= 11 is 5.89. The van der Waals surface area contributed by atoms with Crippen molar-refractivity contribution in [1.29, 1.82) is 5.26 Å². The van der Waals surface area contributed by atoms with Crippen LogP contribution < -0.4 is 5.32 Å². The monoisotopic (exact) mass is 286 g/mol. The number of rotatable bonds is 3. The van der Waals surface area contributed by atoms with Crippen LogP contribution in [-0.4, -0.2) is 11.0 Å². The molecule has 0 spiro atoms. The highest BCUT2D eigenvalue weighted by Crippen LogP contribution is 2.20. The number of amides is 1. The predicted molar refractivity (Wildman–Crippen MR) is 76.6 cm³/mol. The molecule has 0 bridgehead atoms. The molecule has 20 heavy (non-hydrogen) atoms. The molecular weight excluding hydrogens is 276 g/mol. The van der Waals surface area contributed by atoms with E-state index in [4.69, 9.17) is 16.9 Å². The number of aromatic hydroxyl groups is 1. The highest BCUT2D eigenvalue weighted by atomic mass is 35.5. The summed E-state index contributed by atoms with van der Waals surface area (Å²) in [4.78, 5) is 11.9. The standard InChI is InChI=1S/C15H11ClN2O2/c16-14-8-12(5-4-11(14)9-17)18-15(20)7-10-2-1-3-13(19)6-10/h1-6,8,19H,7H2,(H,18,20). The van der Waals surface area contributed by atoms with Crippen LogP contribution in [-0.2, 0) is 11.2 Å². The van der Waals surface area contributed by atoms with E-state index in [-0.39, 0.29) is 18.1 Å². The molecule has 0 radical (unpaired) electrons. The summed E-state index contributed by atoms with van der Waals surface area (Å²) in [6.45, 7) is 0. The van der Waals surface area contributed by atoms with Crippen LogP contribution in [0, 0.1) is 11.3 Å². The summed E-state index contributed by atoms with van der Waals surface area (Å²) in [6.07, 6.45) is 0.145. The predicted octanol–water partition coefficient (Wildman–Crippen LogP) is 3.10. The Balaban J connectivity index is 2.05. The molecule has 4 nitrogen and oxygen atoms in total. The topological polar surface area (TPSA) is 73.1 Å². The minimum Gasteiger partial charge on any atom is -0.508 e. The molecule has 1 amide bonds. The van der Waals surface area contributed by atoms with Crippen LogP contribution in [0.25, 0.3) is 0 Å². The quantitative estimate of drug-likeness (QED) is 0.910. The third-order valence-electron chi connectivity index (χ3n) is 2.65. The molecule has 0 aliphatic rings. The van der Waals surface area contributed by atoms with Crippen molar-refractivity contribution in [3.05, 3.63) is 58.6 Å². The van der Waals surface area contributed by atoms with Crippen LogP contribution in [0.4, 0.5) is 5.69 Å². The van der Waals surface area contributed by atoms with Crippen LogP contribution in [0.3, 0.4) is 0 Å². The number of nitrogens with zero attached hydrogens (tertiary/aromatic N) is 1. The van der Waals surface area contributed by atoms with E-state index in [0.29, 0.717) is 21.8 Å². The van der Waals surface area contributed by atoms with Gasteiger partial charge in [0.15, 0.2) is 0 Å². The Bertz CT molecular complexity index is 693. The van der Waals surface area contributed by atoms with Gasteiger partial charge in [-0.1, -0.05) is 23.7 Å². The second-order valence-electron chi connectivity index (χ2n) is 4.20. The molecule has 100 valence electrons. The van der Waals surface area contributed by atoms with Crippen molar-refractivity contribution < 1.29 is 9.90 Å². The molecule has 0 aliphatic heterocycles. The number of halogens is 1. The van der Waals surface area contributed by atoms with E-state index >= 15 is 0 Å². The molecule has 5 heteroatoms. The summed E-state index contributed by atoms with van der Waals surface area (Å²) in [7, 11) is 0. The van der Waals surface area contributed by atoms with E-state index in [1.807, 2.05) is 6.07 Å². The molecule has 0 saturated carbocycles. The zero-order chi connectivity index (χ0) is 14.5. The van der Waals surface area contributed by atoms with Gasteiger partial charge in [0.1, 0.15) is 11.8 Å². The van der Waals surface area contributed by atoms with Gasteiger partial charge in [-0.2, -0.15) is 5.26 Å². The number of nitrogens with one attached hydrogen (secondary N) is 1. The highest BCUT2D eigenvalue weighted by Gasteiger charge is 2.06. The molecule has 2 rings (SSSR count). The zero-order valence-corrected chi connectivity index (χ0v) is 11.2. The van der Waals surface area contributed by atoms with Gasteiger partial charge >= 0.3 is 0 Å². The maximum Gasteiger partial charge on any atom is 0.228 e. The first-order chi connectivity index (χ1) is 9.58. The van der Waals surface area contributed by atoms with Crippen molar-refractivity contribution >= 4 is 23.2 Å². The Labute approximate surface area is 121 Å². The second-order valence-corrected chi connectivity index (χ2v) is 4.61. The van der Waals surface area contributed by atoms with Crippen molar-refractivity contribution in [2.24, 2.45) is 0 Å². The van der Waals surface area contributed by atoms with E-state index in [0.717, 1.165) is 0 Å². The molecule has 0 heterocycles. The van der Waals surface area contributed by atoms with Crippen LogP contribution in [0.15, 0.2) is 42.5 Å². The third-order valence-corrected chi connectivity index (χ3v) is 2.96. The Hall–Kier alpha value is -2.51. The molecule has 0 atom stereocenters. The normalized spacial score (nSPS) is 9.80. The van der Waals surface area contributed by atoms with Crippen molar-refractivity contribution in [2.75, 3.05) is 5.32 Å². The van der Waals surface area contributed by atoms with Gasteiger partial charge in [-0.05, 0) is 35.9 Å². The van der Waals surface area contributed by atoms with E-state index in [9.17, 15) is 9.90 Å². The lowest BCUT2D eigenvalue weighted by Gasteiger charge is -2.06. The number of nitriles is 1. The Morgan fingerprint density at radius 3 is 2.75 bits per heavy atom. The number of anilines is 1. The first-order valence-corrected chi connectivity index (χ1v) is 6.23. The summed E-state index contributed by atoms with van der Waals surface area (Å²) in [6, 6.07) is 13.2. The summed E-state index contributed by atoms with van der Waals surface area (Å²) in [5.41, 5.74) is 1.60. The van der Waals surface area contributed by atoms with Crippen LogP contribution >= 0.6 is 11.6 Å². The third kappa shape index (κ3) is 3.50. The summed E-state index contributed by atoms with van der Waals surface area (Å²) in [5.74, 6) is -0.104. The molecule has 0 unspecified atom stereocenters. The molecule has 2 aromatic carbocycles. The number of benzene rings is 2. The number of hydrogen-bond acceptors (Lipinski definition) is 3. The smallest absolute Gasteiger partial charge is 0.228 e. The first-order valence-electron chi connectivity index (χ1n) is 5.86. The number of phenols is 1. The molecule has 0 saturated heterocycles. The number of carbonyl (C=O) groups excluding carboxylic acids is 1. The fourth-order valence-corrected chi connectivity index (χ4v) is 1.96. The van der Waals surface area contributed by atoms with Crippen molar-refractivity contribution in [3.8, 4) is 11.8 Å². The largest absolute Gasteiger partial charge is 0.508 e. The number of carbonyl (C=O) groups is 1. The Morgan fingerprint density at radius 1 is 1.30 bits per heavy atom. The minimum absolute atomic E-state index is 0.122. The lowest BCUT2D eigenvalue weighted by Crippen LogP contribution is -2.14. The molecule has 0 aromatic heterocycles. The lowest BCUT2D eigenvalue weighted by molar-refractivity contribution is -0.115. The molecule has 2 aromatic rings. The SMILES string of the molecule is N#Cc1ccc(NC(=O)Cc2cccc(O)c2)cc1Cl. The second kappa shape index (κ2) is 6.09. The number of hydrogen-bond donors (Lipinski definition) is 2. The van der Waals surface area contributed by atoms with Crippen molar-refractivity contribution in [3.63, 3.8) is 0 Å². The van der Waals surface area contributed by atoms with Crippen LogP contribution in [0.2, 0.25) is 5.02 Å². The molecule has 2 N–H and O–H groups in total. The van der Waals surface area contributed by atoms with Gasteiger partial charge in [-0.15, -0.1) is 0 Å². The Kier molecular flexibility index (Phi) is 4.24. The zero-order valence-electron chi connectivity index (χ0n) is 10.4. The summed E-state index contributed by atoms with van der Waals surface area (Å²) < 4.78 is 0. The molecule has 0 fully saturated rings. The maximum absolute atomic E-state index is 11.9. The van der Waals surface area contributed by atoms with Crippen LogP contribution in [0.1, 0.15) is 11.1 Å². The van der Waals surface area contributed by atoms with Gasteiger partial charge in [0, 0.05) is 5.69 Å².